The molecule has 0 saturated carbocycles. The third-order valence-electron chi connectivity index (χ3n) is 13.9. The van der Waals surface area contributed by atoms with Gasteiger partial charge in [0.15, 0.2) is 0 Å². The number of hydrogen-bond acceptors (Lipinski definition) is 2. The lowest BCUT2D eigenvalue weighted by Crippen LogP contribution is -2.28. The van der Waals surface area contributed by atoms with Gasteiger partial charge in [-0.15, -0.1) is 0 Å². The minimum Gasteiger partial charge on any atom is -0.455 e. The first-order chi connectivity index (χ1) is 33.2. The van der Waals surface area contributed by atoms with Gasteiger partial charge in [0.05, 0.1) is 5.41 Å². The molecule has 0 unspecified atom stereocenters. The van der Waals surface area contributed by atoms with E-state index in [9.17, 15) is 0 Å². The van der Waals surface area contributed by atoms with Gasteiger partial charge in [-0.25, -0.2) is 0 Å². The third kappa shape index (κ3) is 6.26. The molecule has 0 saturated heterocycles. The molecule has 11 aromatic carbocycles. The van der Waals surface area contributed by atoms with Gasteiger partial charge in [-0.1, -0.05) is 212 Å². The zero-order valence-electron chi connectivity index (χ0n) is 36.7. The topological polar surface area (TPSA) is 16.4 Å². The largest absolute Gasteiger partial charge is 0.455 e. The first-order valence-corrected chi connectivity index (χ1v) is 23.1. The Morgan fingerprint density at radius 3 is 1.57 bits per heavy atom. The average molecular weight is 854 g/mol. The Hall–Kier alpha value is -8.72. The lowest BCUT2D eigenvalue weighted by atomic mass is 9.67. The van der Waals surface area contributed by atoms with Crippen LogP contribution in [0.5, 0.6) is 0 Å². The van der Waals surface area contributed by atoms with Crippen molar-refractivity contribution in [2.45, 2.75) is 5.41 Å². The summed E-state index contributed by atoms with van der Waals surface area (Å²) in [6.45, 7) is 0. The highest BCUT2D eigenvalue weighted by molar-refractivity contribution is 6.17. The zero-order valence-corrected chi connectivity index (χ0v) is 36.7. The number of nitrogens with zero attached hydrogens (tertiary/aromatic N) is 1. The molecule has 67 heavy (non-hydrogen) atoms. The predicted molar refractivity (Wildman–Crippen MR) is 280 cm³/mol. The second-order valence-corrected chi connectivity index (χ2v) is 17.6. The number of fused-ring (bicyclic) bond motifs is 8. The summed E-state index contributed by atoms with van der Waals surface area (Å²) in [5.74, 6) is 0. The van der Waals surface area contributed by atoms with Gasteiger partial charge in [0, 0.05) is 38.8 Å². The molecule has 2 nitrogen and oxygen atoms in total. The summed E-state index contributed by atoms with van der Waals surface area (Å²) >= 11 is 0. The van der Waals surface area contributed by atoms with Crippen LogP contribution in [-0.2, 0) is 5.41 Å². The molecule has 12 aromatic rings. The summed E-state index contributed by atoms with van der Waals surface area (Å²) in [5, 5.41) is 4.54. The maximum atomic E-state index is 6.85. The summed E-state index contributed by atoms with van der Waals surface area (Å²) < 4.78 is 6.85. The molecule has 0 atom stereocenters. The molecule has 0 fully saturated rings. The molecular weight excluding hydrogens is 811 g/mol. The molecule has 0 bridgehead atoms. The normalized spacial score (nSPS) is 12.6. The van der Waals surface area contributed by atoms with Crippen LogP contribution in [0.25, 0.3) is 77.2 Å². The van der Waals surface area contributed by atoms with Gasteiger partial charge in [0.1, 0.15) is 11.2 Å². The van der Waals surface area contributed by atoms with Crippen LogP contribution in [0.3, 0.4) is 0 Å². The van der Waals surface area contributed by atoms with E-state index in [0.717, 1.165) is 61.1 Å². The van der Waals surface area contributed by atoms with Crippen LogP contribution in [0.2, 0.25) is 0 Å². The Balaban J connectivity index is 0.968. The smallest absolute Gasteiger partial charge is 0.143 e. The Morgan fingerprint density at radius 1 is 0.284 bits per heavy atom. The quantitative estimate of drug-likeness (QED) is 0.151. The standard InChI is InChI=1S/C65H43NO/c1-4-17-44(18-5-1)45-33-37-52(38-34-45)66(54-27-15-21-49(42-54)56-30-16-31-59-60-40-35-46-19-10-11-28-55(46)63(60)67-64(56)59)53-26-14-20-47(41-53)48-36-39-58-57-29-12-13-32-61(57)65(62(58)43-48,50-22-6-2-7-23-50)51-24-8-3-9-25-51/h1-43H. The summed E-state index contributed by atoms with van der Waals surface area (Å²) in [7, 11) is 0. The molecule has 1 aromatic heterocycles. The molecule has 0 radical (unpaired) electrons. The van der Waals surface area contributed by atoms with E-state index >= 15 is 0 Å². The third-order valence-corrected chi connectivity index (χ3v) is 13.9. The molecule has 0 spiro atoms. The van der Waals surface area contributed by atoms with Crippen molar-refractivity contribution < 1.29 is 4.42 Å². The molecule has 1 aliphatic rings. The number of rotatable bonds is 8. The van der Waals surface area contributed by atoms with Crippen molar-refractivity contribution in [3.63, 3.8) is 0 Å². The Bertz CT molecular complexity index is 3760. The maximum absolute atomic E-state index is 6.85. The van der Waals surface area contributed by atoms with Crippen molar-refractivity contribution in [2.24, 2.45) is 0 Å². The van der Waals surface area contributed by atoms with Crippen LogP contribution in [0.15, 0.2) is 265 Å². The van der Waals surface area contributed by atoms with Crippen LogP contribution in [0.4, 0.5) is 17.1 Å². The second kappa shape index (κ2) is 15.8. The highest BCUT2D eigenvalue weighted by atomic mass is 16.3. The van der Waals surface area contributed by atoms with E-state index in [4.69, 9.17) is 4.42 Å². The van der Waals surface area contributed by atoms with Gasteiger partial charge < -0.3 is 9.32 Å². The lowest BCUT2D eigenvalue weighted by Gasteiger charge is -2.34. The number of hydrogen-bond donors (Lipinski definition) is 0. The fourth-order valence-corrected chi connectivity index (χ4v) is 10.9. The van der Waals surface area contributed by atoms with Crippen LogP contribution in [0.1, 0.15) is 22.3 Å². The summed E-state index contributed by atoms with van der Waals surface area (Å²) in [6, 6.07) is 94.9. The monoisotopic (exact) mass is 853 g/mol. The zero-order chi connectivity index (χ0) is 44.3. The Kier molecular flexibility index (Phi) is 9.11. The van der Waals surface area contributed by atoms with Gasteiger partial charge in [-0.05, 0) is 115 Å². The average Bonchev–Trinajstić information content (AvgIpc) is 3.94. The van der Waals surface area contributed by atoms with Crippen molar-refractivity contribution >= 4 is 49.8 Å². The molecule has 0 amide bonds. The number of para-hydroxylation sites is 1. The predicted octanol–water partition coefficient (Wildman–Crippen LogP) is 17.6. The van der Waals surface area contributed by atoms with E-state index in [-0.39, 0.29) is 0 Å². The summed E-state index contributed by atoms with van der Waals surface area (Å²) in [4.78, 5) is 2.38. The van der Waals surface area contributed by atoms with E-state index in [1.165, 1.54) is 55.5 Å². The molecule has 0 N–H and O–H groups in total. The Morgan fingerprint density at radius 2 is 0.806 bits per heavy atom. The van der Waals surface area contributed by atoms with Crippen LogP contribution in [-0.4, -0.2) is 0 Å². The molecule has 13 rings (SSSR count). The molecule has 0 aliphatic heterocycles. The highest BCUT2D eigenvalue weighted by Crippen LogP contribution is 2.57. The van der Waals surface area contributed by atoms with Crippen molar-refractivity contribution in [3.8, 4) is 44.5 Å². The fourth-order valence-electron chi connectivity index (χ4n) is 10.9. The number of anilines is 3. The van der Waals surface area contributed by atoms with Gasteiger partial charge >= 0.3 is 0 Å². The van der Waals surface area contributed by atoms with Gasteiger partial charge in [0.2, 0.25) is 0 Å². The SMILES string of the molecule is c1ccc(-c2ccc(N(c3cccc(-c4ccc5c(c4)C(c4ccccc4)(c4ccccc4)c4ccccc4-5)c3)c3cccc(-c4cccc5c4oc4c6ccccc6ccc54)c3)cc2)cc1. The van der Waals surface area contributed by atoms with E-state index in [0.29, 0.717) is 0 Å². The van der Waals surface area contributed by atoms with E-state index in [1.807, 2.05) is 0 Å². The van der Waals surface area contributed by atoms with E-state index < -0.39 is 5.41 Å². The molecule has 314 valence electrons. The Labute approximate surface area is 390 Å². The van der Waals surface area contributed by atoms with Gasteiger partial charge in [0.25, 0.3) is 0 Å². The summed E-state index contributed by atoms with van der Waals surface area (Å²) in [5.41, 5.74) is 19.0. The van der Waals surface area contributed by atoms with Gasteiger partial charge in [-0.3, -0.25) is 0 Å². The van der Waals surface area contributed by atoms with Gasteiger partial charge in [-0.2, -0.15) is 0 Å². The number of furan rings is 1. The number of benzene rings is 11. The highest BCUT2D eigenvalue weighted by Gasteiger charge is 2.46. The van der Waals surface area contributed by atoms with Crippen molar-refractivity contribution in [1.82, 2.24) is 0 Å². The molecule has 1 aliphatic carbocycles. The van der Waals surface area contributed by atoms with Crippen molar-refractivity contribution in [2.75, 3.05) is 4.90 Å². The summed E-state index contributed by atoms with van der Waals surface area (Å²) in [6.07, 6.45) is 0. The van der Waals surface area contributed by atoms with Crippen molar-refractivity contribution in [1.29, 1.82) is 0 Å². The molecule has 1 heterocycles. The van der Waals surface area contributed by atoms with E-state index in [1.54, 1.807) is 0 Å². The molecular formula is C65H43NO. The lowest BCUT2D eigenvalue weighted by molar-refractivity contribution is 0.674. The minimum absolute atomic E-state index is 0.481. The van der Waals surface area contributed by atoms with E-state index in [2.05, 4.69) is 266 Å². The first kappa shape index (κ1) is 38.7. The van der Waals surface area contributed by atoms with Crippen molar-refractivity contribution in [3.05, 3.63) is 283 Å². The van der Waals surface area contributed by atoms with Crippen LogP contribution < -0.4 is 4.90 Å². The second-order valence-electron chi connectivity index (χ2n) is 17.6. The molecule has 2 heteroatoms. The maximum Gasteiger partial charge on any atom is 0.143 e. The van der Waals surface area contributed by atoms with Crippen LogP contribution >= 0.6 is 0 Å². The fraction of sp³-hybridized carbons (Fsp3) is 0.0154. The van der Waals surface area contributed by atoms with Crippen LogP contribution in [0, 0.1) is 0 Å². The minimum atomic E-state index is -0.481. The first-order valence-electron chi connectivity index (χ1n) is 23.1.